The number of carboxylic acid groups (broad SMARTS) is 1. The van der Waals surface area contributed by atoms with E-state index in [9.17, 15) is 24.8 Å². The number of hydrogen-bond donors (Lipinski definition) is 2. The van der Waals surface area contributed by atoms with Crippen molar-refractivity contribution in [2.75, 3.05) is 5.32 Å². The van der Waals surface area contributed by atoms with Gasteiger partial charge >= 0.3 is 12.0 Å². The summed E-state index contributed by atoms with van der Waals surface area (Å²) in [4.78, 5) is 42.4. The Morgan fingerprint density at radius 1 is 0.744 bits per heavy atom. The molecule has 0 bridgehead atoms. The van der Waals surface area contributed by atoms with E-state index in [1.54, 1.807) is 103 Å². The van der Waals surface area contributed by atoms with Crippen molar-refractivity contribution in [2.45, 2.75) is 18.0 Å². The van der Waals surface area contributed by atoms with E-state index in [1.807, 2.05) is 12.1 Å². The highest BCUT2D eigenvalue weighted by Crippen LogP contribution is 2.51. The second-order valence-corrected chi connectivity index (χ2v) is 9.36. The number of urea groups is 1. The second-order valence-electron chi connectivity index (χ2n) is 9.36. The number of benzene rings is 4. The van der Waals surface area contributed by atoms with Crippen LogP contribution in [0.4, 0.5) is 10.5 Å². The lowest BCUT2D eigenvalue weighted by Gasteiger charge is -2.30. The van der Waals surface area contributed by atoms with Gasteiger partial charge in [0.25, 0.3) is 0 Å². The van der Waals surface area contributed by atoms with Gasteiger partial charge in [-0.15, -0.1) is 0 Å². The summed E-state index contributed by atoms with van der Waals surface area (Å²) in [6.07, 6.45) is 0. The van der Waals surface area contributed by atoms with Gasteiger partial charge in [0.2, 0.25) is 0 Å². The van der Waals surface area contributed by atoms with Crippen molar-refractivity contribution in [2.24, 2.45) is 5.92 Å². The first kappa shape index (κ1) is 25.4. The number of carbonyl (C=O) groups is 3. The summed E-state index contributed by atoms with van der Waals surface area (Å²) in [7, 11) is 0. The van der Waals surface area contributed by atoms with E-state index in [1.165, 1.54) is 4.90 Å². The number of ketones is 1. The number of nitriles is 1. The van der Waals surface area contributed by atoms with Crippen LogP contribution in [0.15, 0.2) is 115 Å². The Bertz CT molecular complexity index is 1520. The van der Waals surface area contributed by atoms with Gasteiger partial charge in [-0.3, -0.25) is 4.79 Å². The Balaban J connectivity index is 1.72. The van der Waals surface area contributed by atoms with Crippen molar-refractivity contribution in [3.8, 4) is 6.07 Å². The summed E-state index contributed by atoms with van der Waals surface area (Å²) < 4.78 is 0. The molecular formula is C32H25N3O4. The van der Waals surface area contributed by atoms with E-state index in [4.69, 9.17) is 0 Å². The van der Waals surface area contributed by atoms with Crippen LogP contribution in [0.3, 0.4) is 0 Å². The van der Waals surface area contributed by atoms with Crippen LogP contribution in [-0.2, 0) is 4.79 Å². The molecule has 1 aliphatic rings. The smallest absolute Gasteiger partial charge is 0.327 e. The van der Waals surface area contributed by atoms with E-state index in [0.717, 1.165) is 0 Å². The number of Topliss-reactive ketones (excluding diaryl/α,β-unsaturated/α-hetero) is 1. The lowest BCUT2D eigenvalue weighted by atomic mass is 9.76. The van der Waals surface area contributed by atoms with E-state index < -0.39 is 35.9 Å². The first-order chi connectivity index (χ1) is 19.0. The molecular weight excluding hydrogens is 490 g/mol. The normalized spacial score (nSPS) is 20.1. The Morgan fingerprint density at radius 2 is 1.31 bits per heavy atom. The Kier molecular flexibility index (Phi) is 7.19. The minimum absolute atomic E-state index is 0.264. The fourth-order valence-corrected chi connectivity index (χ4v) is 5.44. The summed E-state index contributed by atoms with van der Waals surface area (Å²) in [6, 6.07) is 32.2. The fraction of sp³-hybridized carbons (Fsp3) is 0.125. The zero-order valence-electron chi connectivity index (χ0n) is 20.8. The van der Waals surface area contributed by atoms with E-state index >= 15 is 0 Å². The molecule has 4 unspecified atom stereocenters. The van der Waals surface area contributed by atoms with Crippen LogP contribution in [0.1, 0.15) is 39.0 Å². The van der Waals surface area contributed by atoms with Gasteiger partial charge in [-0.05, 0) is 35.4 Å². The lowest BCUT2D eigenvalue weighted by Crippen LogP contribution is -2.45. The van der Waals surface area contributed by atoms with Crippen LogP contribution in [0, 0.1) is 17.2 Å². The molecule has 4 aromatic rings. The number of anilines is 1. The molecule has 1 aliphatic heterocycles. The van der Waals surface area contributed by atoms with Gasteiger partial charge in [-0.25, -0.2) is 9.59 Å². The Morgan fingerprint density at radius 3 is 1.87 bits per heavy atom. The highest BCUT2D eigenvalue weighted by molar-refractivity contribution is 6.02. The van der Waals surface area contributed by atoms with Crippen molar-refractivity contribution in [3.05, 3.63) is 138 Å². The van der Waals surface area contributed by atoms with Crippen molar-refractivity contribution in [1.82, 2.24) is 4.90 Å². The first-order valence-corrected chi connectivity index (χ1v) is 12.5. The molecule has 2 N–H and O–H groups in total. The van der Waals surface area contributed by atoms with Crippen LogP contribution in [0.2, 0.25) is 0 Å². The van der Waals surface area contributed by atoms with Crippen LogP contribution in [0.25, 0.3) is 0 Å². The molecule has 192 valence electrons. The van der Waals surface area contributed by atoms with Gasteiger partial charge in [0.15, 0.2) is 5.78 Å². The molecule has 7 nitrogen and oxygen atoms in total. The summed E-state index contributed by atoms with van der Waals surface area (Å²) in [5, 5.41) is 22.7. The molecule has 0 aliphatic carbocycles. The Labute approximate surface area is 225 Å². The summed E-state index contributed by atoms with van der Waals surface area (Å²) in [5.74, 6) is -3.22. The molecule has 4 atom stereocenters. The SMILES string of the molecule is N#Cc1ccc(C2C(C(=O)c3ccccc3)C(c3ccccc3)C(C(=O)O)N2C(=O)Nc2ccccc2)cc1. The van der Waals surface area contributed by atoms with Gasteiger partial charge in [0, 0.05) is 17.2 Å². The first-order valence-electron chi connectivity index (χ1n) is 12.5. The second kappa shape index (κ2) is 11.0. The minimum atomic E-state index is -1.34. The molecule has 1 saturated heterocycles. The third kappa shape index (κ3) is 5.00. The van der Waals surface area contributed by atoms with Crippen LogP contribution in [-0.4, -0.2) is 33.8 Å². The maximum Gasteiger partial charge on any atom is 0.327 e. The van der Waals surface area contributed by atoms with E-state index in [2.05, 4.69) is 11.4 Å². The maximum absolute atomic E-state index is 14.2. The minimum Gasteiger partial charge on any atom is -0.480 e. The molecule has 0 saturated carbocycles. The van der Waals surface area contributed by atoms with Crippen LogP contribution in [0.5, 0.6) is 0 Å². The molecule has 2 amide bonds. The number of carboxylic acids is 1. The monoisotopic (exact) mass is 515 g/mol. The van der Waals surface area contributed by atoms with Gasteiger partial charge < -0.3 is 15.3 Å². The van der Waals surface area contributed by atoms with Gasteiger partial charge in [-0.1, -0.05) is 91.0 Å². The average Bonchev–Trinajstić information content (AvgIpc) is 3.35. The fourth-order valence-electron chi connectivity index (χ4n) is 5.44. The molecule has 1 fully saturated rings. The van der Waals surface area contributed by atoms with Gasteiger partial charge in [0.05, 0.1) is 23.6 Å². The molecule has 1 heterocycles. The highest BCUT2D eigenvalue weighted by Gasteiger charge is 2.57. The number of hydrogen-bond acceptors (Lipinski definition) is 4. The summed E-state index contributed by atoms with van der Waals surface area (Å²) in [6.45, 7) is 0. The molecule has 0 radical (unpaired) electrons. The standard InChI is InChI=1S/C32H25N3O4/c33-20-21-16-18-23(19-17-21)28-27(30(36)24-12-6-2-7-13-24)26(22-10-4-1-5-11-22)29(31(37)38)35(28)32(39)34-25-14-8-3-9-15-25/h1-19,26-29H,(H,34,39)(H,37,38). The zero-order valence-corrected chi connectivity index (χ0v) is 20.8. The number of para-hydroxylation sites is 1. The summed E-state index contributed by atoms with van der Waals surface area (Å²) in [5.41, 5.74) is 2.55. The van der Waals surface area contributed by atoms with Crippen molar-refractivity contribution in [1.29, 1.82) is 5.26 Å². The number of nitrogens with one attached hydrogen (secondary N) is 1. The van der Waals surface area contributed by atoms with Gasteiger partial charge in [-0.2, -0.15) is 5.26 Å². The topological polar surface area (TPSA) is 110 Å². The van der Waals surface area contributed by atoms with E-state index in [0.29, 0.717) is 27.9 Å². The predicted molar refractivity (Wildman–Crippen MR) is 146 cm³/mol. The quantitative estimate of drug-likeness (QED) is 0.312. The predicted octanol–water partition coefficient (Wildman–Crippen LogP) is 5.88. The van der Waals surface area contributed by atoms with Crippen molar-refractivity contribution < 1.29 is 19.5 Å². The zero-order chi connectivity index (χ0) is 27.4. The average molecular weight is 516 g/mol. The third-order valence-electron chi connectivity index (χ3n) is 7.11. The van der Waals surface area contributed by atoms with E-state index in [-0.39, 0.29) is 5.78 Å². The Hall–Kier alpha value is -5.22. The number of carbonyl (C=O) groups excluding carboxylic acids is 2. The number of nitrogens with zero attached hydrogens (tertiary/aromatic N) is 2. The number of rotatable bonds is 6. The molecule has 39 heavy (non-hydrogen) atoms. The van der Waals surface area contributed by atoms with Crippen LogP contribution < -0.4 is 5.32 Å². The van der Waals surface area contributed by atoms with Crippen molar-refractivity contribution >= 4 is 23.5 Å². The summed E-state index contributed by atoms with van der Waals surface area (Å²) >= 11 is 0. The molecule has 7 heteroatoms. The number of amides is 2. The van der Waals surface area contributed by atoms with Crippen molar-refractivity contribution in [3.63, 3.8) is 0 Å². The molecule has 0 aromatic heterocycles. The van der Waals surface area contributed by atoms with Crippen LogP contribution >= 0.6 is 0 Å². The van der Waals surface area contributed by atoms with Gasteiger partial charge in [0.1, 0.15) is 6.04 Å². The lowest BCUT2D eigenvalue weighted by molar-refractivity contribution is -0.142. The largest absolute Gasteiger partial charge is 0.480 e. The number of aliphatic carboxylic acids is 1. The number of likely N-dealkylation sites (tertiary alicyclic amines) is 1. The third-order valence-corrected chi connectivity index (χ3v) is 7.11. The highest BCUT2D eigenvalue weighted by atomic mass is 16.4. The maximum atomic E-state index is 14.2. The molecule has 5 rings (SSSR count). The molecule has 4 aromatic carbocycles. The molecule has 0 spiro atoms.